The number of aromatic nitrogens is 2. The number of ether oxygens (including phenoxy) is 1. The molecule has 41 heavy (non-hydrogen) atoms. The van der Waals surface area contributed by atoms with E-state index in [1.807, 2.05) is 4.90 Å². The normalized spacial score (nSPS) is 19.3. The molecule has 1 aromatic heterocycles. The summed E-state index contributed by atoms with van der Waals surface area (Å²) in [6.07, 6.45) is -5.25. The SMILES string of the molecule is NCc1cccc(-c2cc(Cl)ccc2[C@@H](Oc2cc(N3CCC4(CC3)CN[C@H](C(=O)O)C4)nc(N)n2)C(F)(F)F)c1. The predicted molar refractivity (Wildman–Crippen MR) is 149 cm³/mol. The van der Waals surface area contributed by atoms with Gasteiger partial charge < -0.3 is 31.5 Å². The third kappa shape index (κ3) is 6.34. The van der Waals surface area contributed by atoms with Crippen molar-refractivity contribution < 1.29 is 27.8 Å². The van der Waals surface area contributed by atoms with Crippen molar-refractivity contribution in [2.75, 3.05) is 30.3 Å². The van der Waals surface area contributed by atoms with Crippen LogP contribution < -0.4 is 26.4 Å². The van der Waals surface area contributed by atoms with Gasteiger partial charge in [0.05, 0.1) is 0 Å². The van der Waals surface area contributed by atoms with Crippen molar-refractivity contribution in [3.05, 3.63) is 64.7 Å². The van der Waals surface area contributed by atoms with E-state index in [0.29, 0.717) is 50.3 Å². The van der Waals surface area contributed by atoms with Crippen LogP contribution in [0.15, 0.2) is 48.5 Å². The fourth-order valence-electron chi connectivity index (χ4n) is 5.64. The molecule has 2 saturated heterocycles. The fourth-order valence-corrected chi connectivity index (χ4v) is 5.81. The summed E-state index contributed by atoms with van der Waals surface area (Å²) in [4.78, 5) is 21.5. The molecule has 0 aliphatic carbocycles. The Hall–Kier alpha value is -3.61. The molecule has 5 rings (SSSR count). The molecule has 0 unspecified atom stereocenters. The molecule has 2 aromatic carbocycles. The Morgan fingerprint density at radius 1 is 1.20 bits per heavy atom. The van der Waals surface area contributed by atoms with Gasteiger partial charge in [0, 0.05) is 42.8 Å². The first kappa shape index (κ1) is 28.9. The Morgan fingerprint density at radius 2 is 1.95 bits per heavy atom. The van der Waals surface area contributed by atoms with Crippen LogP contribution >= 0.6 is 11.6 Å². The number of carbonyl (C=O) groups is 1. The number of hydrogen-bond donors (Lipinski definition) is 4. The predicted octanol–water partition coefficient (Wildman–Crippen LogP) is 4.55. The lowest BCUT2D eigenvalue weighted by molar-refractivity contribution is -0.198. The summed E-state index contributed by atoms with van der Waals surface area (Å²) in [6, 6.07) is 11.8. The molecule has 2 fully saturated rings. The number of carboxylic acid groups (broad SMARTS) is 1. The lowest BCUT2D eigenvalue weighted by Crippen LogP contribution is -2.41. The van der Waals surface area contributed by atoms with Gasteiger partial charge in [0.15, 0.2) is 0 Å². The number of anilines is 2. The number of benzene rings is 2. The van der Waals surface area contributed by atoms with Gasteiger partial charge in [-0.1, -0.05) is 35.9 Å². The summed E-state index contributed by atoms with van der Waals surface area (Å²) < 4.78 is 49.2. The van der Waals surface area contributed by atoms with Gasteiger partial charge in [-0.2, -0.15) is 23.1 Å². The highest BCUT2D eigenvalue weighted by atomic mass is 35.5. The number of aliphatic carboxylic acids is 1. The van der Waals surface area contributed by atoms with Crippen LogP contribution in [0, 0.1) is 5.41 Å². The standard InChI is InChI=1S/C28H30ClF3N6O3/c29-18-4-5-19(20(11-18)17-3-1-2-16(10-17)14-33)24(28(30,31)32)41-23-12-22(36-26(34)37-23)38-8-6-27(7-9-38)13-21(25(39)40)35-15-27/h1-5,10-12,21,24,35H,6-9,13-15,33H2,(H,39,40)(H2,34,36,37)/t21-,24+/m0/s1. The van der Waals surface area contributed by atoms with E-state index in [2.05, 4.69) is 15.3 Å². The molecule has 9 nitrogen and oxygen atoms in total. The second kappa shape index (κ2) is 11.3. The summed E-state index contributed by atoms with van der Waals surface area (Å²) in [6.45, 7) is 1.89. The quantitative estimate of drug-likeness (QED) is 0.312. The monoisotopic (exact) mass is 590 g/mol. The van der Waals surface area contributed by atoms with E-state index in [0.717, 1.165) is 5.56 Å². The summed E-state index contributed by atoms with van der Waals surface area (Å²) in [7, 11) is 0. The zero-order valence-corrected chi connectivity index (χ0v) is 22.8. The minimum absolute atomic E-state index is 0.142. The van der Waals surface area contributed by atoms with Gasteiger partial charge in [0.1, 0.15) is 11.9 Å². The number of alkyl halides is 3. The maximum atomic E-state index is 14.5. The highest BCUT2D eigenvalue weighted by Gasteiger charge is 2.46. The van der Waals surface area contributed by atoms with Crippen LogP contribution in [0.2, 0.25) is 5.02 Å². The van der Waals surface area contributed by atoms with Crippen LogP contribution in [0.4, 0.5) is 24.9 Å². The van der Waals surface area contributed by atoms with E-state index < -0.39 is 24.3 Å². The Balaban J connectivity index is 1.42. The molecular weight excluding hydrogens is 561 g/mol. The number of nitrogens with zero attached hydrogens (tertiary/aromatic N) is 3. The van der Waals surface area contributed by atoms with Crippen LogP contribution in [-0.2, 0) is 11.3 Å². The molecule has 2 aliphatic rings. The van der Waals surface area contributed by atoms with Gasteiger partial charge >= 0.3 is 12.1 Å². The van der Waals surface area contributed by atoms with Crippen molar-refractivity contribution in [2.45, 2.75) is 44.1 Å². The van der Waals surface area contributed by atoms with Crippen LogP contribution in [-0.4, -0.2) is 52.9 Å². The average molecular weight is 591 g/mol. The van der Waals surface area contributed by atoms with Crippen molar-refractivity contribution in [3.63, 3.8) is 0 Å². The Bertz CT molecular complexity index is 1430. The third-order valence-electron chi connectivity index (χ3n) is 7.82. The van der Waals surface area contributed by atoms with Crippen molar-refractivity contribution in [1.29, 1.82) is 0 Å². The van der Waals surface area contributed by atoms with E-state index >= 15 is 0 Å². The smallest absolute Gasteiger partial charge is 0.429 e. The molecule has 218 valence electrons. The molecule has 2 aliphatic heterocycles. The highest BCUT2D eigenvalue weighted by molar-refractivity contribution is 6.30. The van der Waals surface area contributed by atoms with Crippen LogP contribution in [0.3, 0.4) is 0 Å². The zero-order valence-electron chi connectivity index (χ0n) is 22.0. The number of hydrogen-bond acceptors (Lipinski definition) is 8. The van der Waals surface area contributed by atoms with Crippen molar-refractivity contribution in [1.82, 2.24) is 15.3 Å². The second-order valence-corrected chi connectivity index (χ2v) is 11.0. The first-order valence-corrected chi connectivity index (χ1v) is 13.5. The van der Waals surface area contributed by atoms with Gasteiger partial charge in [-0.05, 0) is 59.6 Å². The van der Waals surface area contributed by atoms with Gasteiger partial charge in [0.25, 0.3) is 0 Å². The number of piperidine rings is 1. The van der Waals surface area contributed by atoms with Gasteiger partial charge in [-0.15, -0.1) is 0 Å². The summed E-state index contributed by atoms with van der Waals surface area (Å²) >= 11 is 6.19. The minimum Gasteiger partial charge on any atom is -0.480 e. The fraction of sp³-hybridized carbons (Fsp3) is 0.393. The van der Waals surface area contributed by atoms with Crippen LogP contribution in [0.5, 0.6) is 5.88 Å². The van der Waals surface area contributed by atoms with Gasteiger partial charge in [-0.3, -0.25) is 4.79 Å². The van der Waals surface area contributed by atoms with Gasteiger partial charge in [0.2, 0.25) is 17.9 Å². The zero-order chi connectivity index (χ0) is 29.4. The average Bonchev–Trinajstić information content (AvgIpc) is 3.35. The largest absolute Gasteiger partial charge is 0.480 e. The van der Waals surface area contributed by atoms with Crippen molar-refractivity contribution in [3.8, 4) is 17.0 Å². The number of rotatable bonds is 7. The Labute approximate surface area is 239 Å². The molecule has 0 bridgehead atoms. The number of halogens is 4. The number of carboxylic acids is 1. The topological polar surface area (TPSA) is 140 Å². The van der Waals surface area contributed by atoms with Crippen molar-refractivity contribution in [2.24, 2.45) is 11.1 Å². The first-order valence-electron chi connectivity index (χ1n) is 13.1. The molecule has 3 heterocycles. The molecule has 0 saturated carbocycles. The molecule has 3 aromatic rings. The molecule has 2 atom stereocenters. The summed E-state index contributed by atoms with van der Waals surface area (Å²) in [5.74, 6) is -1.07. The first-order chi connectivity index (χ1) is 19.5. The second-order valence-electron chi connectivity index (χ2n) is 10.6. The highest BCUT2D eigenvalue weighted by Crippen LogP contribution is 2.43. The number of nitrogens with one attached hydrogen (secondary N) is 1. The van der Waals surface area contributed by atoms with Crippen LogP contribution in [0.25, 0.3) is 11.1 Å². The number of nitrogen functional groups attached to an aromatic ring is 1. The maximum absolute atomic E-state index is 14.5. The minimum atomic E-state index is -4.80. The third-order valence-corrected chi connectivity index (χ3v) is 8.06. The molecule has 0 amide bonds. The lowest BCUT2D eigenvalue weighted by Gasteiger charge is -2.39. The van der Waals surface area contributed by atoms with E-state index in [-0.39, 0.29) is 39.9 Å². The molecule has 13 heteroatoms. The van der Waals surface area contributed by atoms with Crippen LogP contribution in [0.1, 0.15) is 36.5 Å². The van der Waals surface area contributed by atoms with Gasteiger partial charge in [-0.25, -0.2) is 0 Å². The maximum Gasteiger partial charge on any atom is 0.429 e. The number of nitrogens with two attached hydrogens (primary N) is 2. The summed E-state index contributed by atoms with van der Waals surface area (Å²) in [5, 5.41) is 12.7. The van der Waals surface area contributed by atoms with E-state index in [4.69, 9.17) is 27.8 Å². The molecule has 6 N–H and O–H groups in total. The Kier molecular flexibility index (Phi) is 8.00. The van der Waals surface area contributed by atoms with E-state index in [1.54, 1.807) is 24.3 Å². The van der Waals surface area contributed by atoms with Crippen molar-refractivity contribution >= 4 is 29.3 Å². The Morgan fingerprint density at radius 3 is 2.61 bits per heavy atom. The van der Waals surface area contributed by atoms with E-state index in [1.165, 1.54) is 24.3 Å². The lowest BCUT2D eigenvalue weighted by atomic mass is 9.76. The molecule has 0 radical (unpaired) electrons. The molecular formula is C28H30ClF3N6O3. The van der Waals surface area contributed by atoms with E-state index in [9.17, 15) is 23.1 Å². The summed E-state index contributed by atoms with van der Waals surface area (Å²) in [5.41, 5.74) is 12.9. The molecule has 1 spiro atoms.